The largest absolute Gasteiger partial charge is 0.453 e. The van der Waals surface area contributed by atoms with Crippen LogP contribution in [0.15, 0.2) is 24.4 Å². The van der Waals surface area contributed by atoms with E-state index in [2.05, 4.69) is 50.8 Å². The number of nitrogens with zero attached hydrogens (tertiary/aromatic N) is 3. The van der Waals surface area contributed by atoms with E-state index in [9.17, 15) is 14.9 Å². The van der Waals surface area contributed by atoms with Crippen LogP contribution in [-0.4, -0.2) is 46.6 Å². The first-order chi connectivity index (χ1) is 15.9. The summed E-state index contributed by atoms with van der Waals surface area (Å²) < 4.78 is 4.64. The zero-order valence-corrected chi connectivity index (χ0v) is 18.8. The Labute approximate surface area is 193 Å². The van der Waals surface area contributed by atoms with Gasteiger partial charge in [-0.25, -0.2) is 9.78 Å². The van der Waals surface area contributed by atoms with Gasteiger partial charge in [-0.2, -0.15) is 5.26 Å². The number of benzene rings is 1. The Balaban J connectivity index is 1.81. The smallest absolute Gasteiger partial charge is 0.407 e. The van der Waals surface area contributed by atoms with Gasteiger partial charge in [-0.15, -0.1) is 6.42 Å². The molecule has 1 aromatic heterocycles. The van der Waals surface area contributed by atoms with Crippen LogP contribution in [0.3, 0.4) is 0 Å². The number of carbonyl (C=O) groups excluding carboxylic acids is 2. The van der Waals surface area contributed by atoms with Crippen molar-refractivity contribution in [1.82, 2.24) is 20.2 Å². The standard InChI is InChI=1S/C25H25N5O3/c1-5-17-7-8-18(19(12-17)13-26)9-10-20-14-27-23(28-20)22-11-16(3)15-30(22)24(31)21(6-2)29-25(32)33-4/h1,7-8,12,14,16,21-22H,6,11,15H2,2-4H3,(H,27,28)(H,29,32). The van der Waals surface area contributed by atoms with Gasteiger partial charge in [-0.1, -0.05) is 25.7 Å². The van der Waals surface area contributed by atoms with Gasteiger partial charge in [0.05, 0.1) is 24.9 Å². The topological polar surface area (TPSA) is 111 Å². The number of imidazole rings is 1. The van der Waals surface area contributed by atoms with E-state index in [0.717, 1.165) is 6.42 Å². The molecule has 2 amide bonds. The molecule has 2 N–H and O–H groups in total. The summed E-state index contributed by atoms with van der Waals surface area (Å²) in [6.07, 6.45) is 7.55. The third-order valence-electron chi connectivity index (χ3n) is 5.53. The van der Waals surface area contributed by atoms with Gasteiger partial charge in [0.1, 0.15) is 23.6 Å². The maximum atomic E-state index is 13.1. The Morgan fingerprint density at radius 1 is 1.39 bits per heavy atom. The molecular weight excluding hydrogens is 418 g/mol. The predicted octanol–water partition coefficient (Wildman–Crippen LogP) is 2.71. The fourth-order valence-electron chi connectivity index (χ4n) is 3.83. The molecule has 168 valence electrons. The number of terminal acetylenes is 1. The molecule has 3 rings (SSSR count). The third-order valence-corrected chi connectivity index (χ3v) is 5.53. The van der Waals surface area contributed by atoms with Crippen molar-refractivity contribution in [2.45, 2.75) is 38.8 Å². The Bertz CT molecular complexity index is 1190. The van der Waals surface area contributed by atoms with Crippen molar-refractivity contribution in [1.29, 1.82) is 5.26 Å². The van der Waals surface area contributed by atoms with Crippen LogP contribution < -0.4 is 5.32 Å². The van der Waals surface area contributed by atoms with Crippen LogP contribution in [0.25, 0.3) is 0 Å². The van der Waals surface area contributed by atoms with Crippen molar-refractivity contribution in [3.8, 4) is 30.3 Å². The van der Waals surface area contributed by atoms with Gasteiger partial charge in [-0.3, -0.25) is 4.79 Å². The zero-order chi connectivity index (χ0) is 24.0. The molecule has 1 saturated heterocycles. The molecule has 0 spiro atoms. The number of nitriles is 1. The fourth-order valence-corrected chi connectivity index (χ4v) is 3.83. The number of likely N-dealkylation sites (tertiary alicyclic amines) is 1. The molecule has 0 aliphatic carbocycles. The van der Waals surface area contributed by atoms with Gasteiger partial charge < -0.3 is 19.9 Å². The average molecular weight is 444 g/mol. The summed E-state index contributed by atoms with van der Waals surface area (Å²) in [5.41, 5.74) is 2.16. The second kappa shape index (κ2) is 10.4. The average Bonchev–Trinajstić information content (AvgIpc) is 3.46. The number of ether oxygens (including phenoxy) is 1. The molecule has 2 heterocycles. The van der Waals surface area contributed by atoms with E-state index in [-0.39, 0.29) is 17.9 Å². The SMILES string of the molecule is C#Cc1ccc(C#Cc2cnc(C3CC(C)CN3C(=O)C(CC)NC(=O)OC)[nH]2)c(C#N)c1. The molecule has 0 radical (unpaired) electrons. The van der Waals surface area contributed by atoms with Gasteiger partial charge in [0, 0.05) is 17.7 Å². The molecule has 1 fully saturated rings. The summed E-state index contributed by atoms with van der Waals surface area (Å²) in [6, 6.07) is 6.26. The van der Waals surface area contributed by atoms with Crippen LogP contribution in [0.1, 0.15) is 60.9 Å². The first-order valence-electron chi connectivity index (χ1n) is 10.6. The van der Waals surface area contributed by atoms with Crippen LogP contribution in [-0.2, 0) is 9.53 Å². The molecule has 8 heteroatoms. The molecule has 3 unspecified atom stereocenters. The summed E-state index contributed by atoms with van der Waals surface area (Å²) in [5.74, 6) is 9.21. The van der Waals surface area contributed by atoms with E-state index >= 15 is 0 Å². The van der Waals surface area contributed by atoms with E-state index < -0.39 is 12.1 Å². The molecule has 33 heavy (non-hydrogen) atoms. The minimum atomic E-state index is -0.671. The number of methoxy groups -OCH3 is 1. The number of aromatic amines is 1. The highest BCUT2D eigenvalue weighted by Crippen LogP contribution is 2.34. The summed E-state index contributed by atoms with van der Waals surface area (Å²) in [7, 11) is 1.27. The molecule has 0 bridgehead atoms. The highest BCUT2D eigenvalue weighted by atomic mass is 16.5. The number of hydrogen-bond donors (Lipinski definition) is 2. The quantitative estimate of drug-likeness (QED) is 0.706. The Kier molecular flexibility index (Phi) is 7.38. The van der Waals surface area contributed by atoms with Gasteiger partial charge in [0.25, 0.3) is 0 Å². The normalized spacial score (nSPS) is 17.8. The van der Waals surface area contributed by atoms with Crippen molar-refractivity contribution in [3.63, 3.8) is 0 Å². The molecule has 8 nitrogen and oxygen atoms in total. The van der Waals surface area contributed by atoms with E-state index in [1.807, 2.05) is 6.92 Å². The van der Waals surface area contributed by atoms with E-state index in [4.69, 9.17) is 6.42 Å². The van der Waals surface area contributed by atoms with E-state index in [1.165, 1.54) is 7.11 Å². The number of nitrogens with one attached hydrogen (secondary N) is 2. The lowest BCUT2D eigenvalue weighted by molar-refractivity contribution is -0.134. The number of carbonyl (C=O) groups is 2. The minimum absolute atomic E-state index is 0.173. The summed E-state index contributed by atoms with van der Waals surface area (Å²) in [4.78, 5) is 34.2. The Hall–Kier alpha value is -4.22. The molecule has 1 aromatic carbocycles. The summed E-state index contributed by atoms with van der Waals surface area (Å²) in [5, 5.41) is 11.9. The van der Waals surface area contributed by atoms with Crippen molar-refractivity contribution in [2.75, 3.05) is 13.7 Å². The lowest BCUT2D eigenvalue weighted by Crippen LogP contribution is -2.48. The lowest BCUT2D eigenvalue weighted by atomic mass is 10.1. The van der Waals surface area contributed by atoms with E-state index in [1.54, 1.807) is 29.3 Å². The van der Waals surface area contributed by atoms with Crippen LogP contribution in [0.4, 0.5) is 4.79 Å². The first-order valence-corrected chi connectivity index (χ1v) is 10.6. The first kappa shape index (κ1) is 23.4. The fraction of sp³-hybridized carbons (Fsp3) is 0.360. The minimum Gasteiger partial charge on any atom is -0.453 e. The molecule has 0 saturated carbocycles. The van der Waals surface area contributed by atoms with Gasteiger partial charge >= 0.3 is 6.09 Å². The number of rotatable bonds is 4. The molecule has 1 aliphatic rings. The molecule has 1 aliphatic heterocycles. The molecule has 2 aromatic rings. The highest BCUT2D eigenvalue weighted by Gasteiger charge is 2.38. The molecule has 3 atom stereocenters. The van der Waals surface area contributed by atoms with Crippen LogP contribution >= 0.6 is 0 Å². The number of alkyl carbamates (subject to hydrolysis) is 1. The third kappa shape index (κ3) is 5.34. The van der Waals surface area contributed by atoms with Gasteiger partial charge in [0.2, 0.25) is 5.91 Å². The van der Waals surface area contributed by atoms with Crippen molar-refractivity contribution in [3.05, 3.63) is 52.6 Å². The predicted molar refractivity (Wildman–Crippen MR) is 122 cm³/mol. The van der Waals surface area contributed by atoms with Crippen LogP contribution in [0.2, 0.25) is 0 Å². The zero-order valence-electron chi connectivity index (χ0n) is 18.8. The number of hydrogen-bond acceptors (Lipinski definition) is 5. The summed E-state index contributed by atoms with van der Waals surface area (Å²) >= 11 is 0. The van der Waals surface area contributed by atoms with Crippen molar-refractivity contribution >= 4 is 12.0 Å². The Morgan fingerprint density at radius 3 is 2.85 bits per heavy atom. The van der Waals surface area contributed by atoms with Gasteiger partial charge in [-0.05, 0) is 42.9 Å². The van der Waals surface area contributed by atoms with Crippen molar-refractivity contribution < 1.29 is 14.3 Å². The highest BCUT2D eigenvalue weighted by molar-refractivity contribution is 5.86. The lowest BCUT2D eigenvalue weighted by Gasteiger charge is -2.27. The molecular formula is C25H25N5O3. The van der Waals surface area contributed by atoms with Gasteiger partial charge in [0.15, 0.2) is 0 Å². The van der Waals surface area contributed by atoms with Crippen molar-refractivity contribution in [2.24, 2.45) is 5.92 Å². The second-order valence-electron chi connectivity index (χ2n) is 7.89. The van der Waals surface area contributed by atoms with Crippen LogP contribution in [0.5, 0.6) is 0 Å². The summed E-state index contributed by atoms with van der Waals surface area (Å²) in [6.45, 7) is 4.47. The number of aromatic nitrogens is 2. The Morgan fingerprint density at radius 2 is 2.18 bits per heavy atom. The number of H-pyrrole nitrogens is 1. The van der Waals surface area contributed by atoms with E-state index in [0.29, 0.717) is 41.2 Å². The maximum Gasteiger partial charge on any atom is 0.407 e. The maximum absolute atomic E-state index is 13.1. The number of amides is 2. The second-order valence-corrected chi connectivity index (χ2v) is 7.89. The monoisotopic (exact) mass is 443 g/mol. The van der Waals surface area contributed by atoms with Crippen LogP contribution in [0, 0.1) is 41.4 Å².